The zero-order chi connectivity index (χ0) is 14.5. The van der Waals surface area contributed by atoms with Gasteiger partial charge in [0.2, 0.25) is 0 Å². The molecule has 0 saturated heterocycles. The average Bonchev–Trinajstić information content (AvgIpc) is 2.50. The Kier molecular flexibility index (Phi) is 4.83. The highest BCUT2D eigenvalue weighted by Crippen LogP contribution is 2.33. The molecule has 20 heavy (non-hydrogen) atoms. The predicted octanol–water partition coefficient (Wildman–Crippen LogP) is 1.17. The van der Waals surface area contributed by atoms with Crippen LogP contribution >= 0.6 is 0 Å². The van der Waals surface area contributed by atoms with Gasteiger partial charge in [-0.3, -0.25) is 4.90 Å². The van der Waals surface area contributed by atoms with Gasteiger partial charge in [0, 0.05) is 19.6 Å². The highest BCUT2D eigenvalue weighted by molar-refractivity contribution is 5.48. The SMILES string of the molecule is CNC(C#N)CN1CCc2cc(OC)c(OC)cc2C1. The normalized spacial score (nSPS) is 16.1. The minimum absolute atomic E-state index is 0.128. The Hall–Kier alpha value is -1.77. The monoisotopic (exact) mass is 275 g/mol. The lowest BCUT2D eigenvalue weighted by molar-refractivity contribution is 0.241. The Morgan fingerprint density at radius 2 is 1.95 bits per heavy atom. The average molecular weight is 275 g/mol. The maximum atomic E-state index is 9.03. The van der Waals surface area contributed by atoms with Gasteiger partial charge >= 0.3 is 0 Å². The van der Waals surface area contributed by atoms with Gasteiger partial charge in [-0.1, -0.05) is 0 Å². The molecule has 0 bridgehead atoms. The van der Waals surface area contributed by atoms with Crippen molar-refractivity contribution in [3.63, 3.8) is 0 Å². The van der Waals surface area contributed by atoms with Gasteiger partial charge in [-0.05, 0) is 36.7 Å². The highest BCUT2D eigenvalue weighted by atomic mass is 16.5. The third-order valence-electron chi connectivity index (χ3n) is 3.74. The minimum atomic E-state index is -0.128. The zero-order valence-electron chi connectivity index (χ0n) is 12.3. The molecule has 108 valence electrons. The van der Waals surface area contributed by atoms with Crippen LogP contribution in [0.2, 0.25) is 0 Å². The summed E-state index contributed by atoms with van der Waals surface area (Å²) in [5.41, 5.74) is 2.55. The van der Waals surface area contributed by atoms with Crippen LogP contribution in [0.15, 0.2) is 12.1 Å². The molecule has 0 fully saturated rings. The number of nitriles is 1. The van der Waals surface area contributed by atoms with Crippen LogP contribution in [0.25, 0.3) is 0 Å². The summed E-state index contributed by atoms with van der Waals surface area (Å²) in [6.45, 7) is 2.54. The quantitative estimate of drug-likeness (QED) is 0.874. The fourth-order valence-electron chi connectivity index (χ4n) is 2.55. The van der Waals surface area contributed by atoms with Gasteiger partial charge in [-0.15, -0.1) is 0 Å². The number of nitrogens with zero attached hydrogens (tertiary/aromatic N) is 2. The van der Waals surface area contributed by atoms with E-state index in [1.807, 2.05) is 13.1 Å². The summed E-state index contributed by atoms with van der Waals surface area (Å²) in [5.74, 6) is 1.54. The second kappa shape index (κ2) is 6.60. The molecule has 1 aromatic carbocycles. The Labute approximate surface area is 120 Å². The van der Waals surface area contributed by atoms with E-state index in [4.69, 9.17) is 14.7 Å². The number of hydrogen-bond acceptors (Lipinski definition) is 5. The first-order valence-electron chi connectivity index (χ1n) is 6.74. The Morgan fingerprint density at radius 3 is 2.50 bits per heavy atom. The molecule has 0 spiro atoms. The van der Waals surface area contributed by atoms with E-state index in [1.54, 1.807) is 14.2 Å². The fraction of sp³-hybridized carbons (Fsp3) is 0.533. The second-order valence-corrected chi connectivity index (χ2v) is 4.93. The van der Waals surface area contributed by atoms with Crippen LogP contribution < -0.4 is 14.8 Å². The van der Waals surface area contributed by atoms with E-state index in [1.165, 1.54) is 11.1 Å². The van der Waals surface area contributed by atoms with Crippen molar-refractivity contribution in [1.82, 2.24) is 10.2 Å². The lowest BCUT2D eigenvalue weighted by Crippen LogP contribution is -2.41. The van der Waals surface area contributed by atoms with E-state index in [0.717, 1.165) is 37.6 Å². The summed E-state index contributed by atoms with van der Waals surface area (Å²) in [5, 5.41) is 12.0. The van der Waals surface area contributed by atoms with Gasteiger partial charge in [-0.2, -0.15) is 5.26 Å². The molecule has 0 aromatic heterocycles. The molecule has 1 N–H and O–H groups in total. The van der Waals surface area contributed by atoms with E-state index in [-0.39, 0.29) is 6.04 Å². The lowest BCUT2D eigenvalue weighted by atomic mass is 9.98. The smallest absolute Gasteiger partial charge is 0.161 e. The van der Waals surface area contributed by atoms with Crippen LogP contribution in [0.1, 0.15) is 11.1 Å². The van der Waals surface area contributed by atoms with Crippen LogP contribution in [0.5, 0.6) is 11.5 Å². The largest absolute Gasteiger partial charge is 0.493 e. The van der Waals surface area contributed by atoms with E-state index in [9.17, 15) is 0 Å². The van der Waals surface area contributed by atoms with Crippen LogP contribution in [-0.2, 0) is 13.0 Å². The first-order valence-corrected chi connectivity index (χ1v) is 6.74. The minimum Gasteiger partial charge on any atom is -0.493 e. The molecule has 0 amide bonds. The summed E-state index contributed by atoms with van der Waals surface area (Å²) < 4.78 is 10.7. The number of methoxy groups -OCH3 is 2. The number of likely N-dealkylation sites (N-methyl/N-ethyl adjacent to an activating group) is 1. The number of ether oxygens (including phenoxy) is 2. The number of nitrogens with one attached hydrogen (secondary N) is 1. The third kappa shape index (κ3) is 3.03. The zero-order valence-corrected chi connectivity index (χ0v) is 12.3. The van der Waals surface area contributed by atoms with E-state index in [0.29, 0.717) is 0 Å². The molecule has 1 aliphatic heterocycles. The van der Waals surface area contributed by atoms with Gasteiger partial charge in [0.15, 0.2) is 11.5 Å². The molecule has 0 radical (unpaired) electrons. The van der Waals surface area contributed by atoms with E-state index in [2.05, 4.69) is 22.4 Å². The van der Waals surface area contributed by atoms with Crippen LogP contribution in [0.4, 0.5) is 0 Å². The van der Waals surface area contributed by atoms with Gasteiger partial charge < -0.3 is 14.8 Å². The first-order chi connectivity index (χ1) is 9.71. The first kappa shape index (κ1) is 14.6. The van der Waals surface area contributed by atoms with Gasteiger partial charge in [0.1, 0.15) is 6.04 Å². The summed E-state index contributed by atoms with van der Waals surface area (Å²) in [7, 11) is 5.13. The van der Waals surface area contributed by atoms with Gasteiger partial charge in [0.05, 0.1) is 20.3 Å². The second-order valence-electron chi connectivity index (χ2n) is 4.93. The van der Waals surface area contributed by atoms with Crippen molar-refractivity contribution in [2.75, 3.05) is 34.4 Å². The molecule has 2 rings (SSSR count). The summed E-state index contributed by atoms with van der Waals surface area (Å²) in [4.78, 5) is 2.29. The van der Waals surface area contributed by atoms with Crippen LogP contribution in [0, 0.1) is 11.3 Å². The van der Waals surface area contributed by atoms with Crippen molar-refractivity contribution in [2.45, 2.75) is 19.0 Å². The standard InChI is InChI=1S/C15H21N3O2/c1-17-13(8-16)10-18-5-4-11-6-14(19-2)15(20-3)7-12(11)9-18/h6-7,13,17H,4-5,9-10H2,1-3H3. The molecule has 1 aliphatic rings. The highest BCUT2D eigenvalue weighted by Gasteiger charge is 2.21. The number of benzene rings is 1. The molecular formula is C15H21N3O2. The predicted molar refractivity (Wildman–Crippen MR) is 77.0 cm³/mol. The summed E-state index contributed by atoms with van der Waals surface area (Å²) in [6.07, 6.45) is 0.970. The Balaban J connectivity index is 2.15. The topological polar surface area (TPSA) is 57.5 Å². The Morgan fingerprint density at radius 1 is 1.30 bits per heavy atom. The molecule has 1 unspecified atom stereocenters. The van der Waals surface area contributed by atoms with Crippen molar-refractivity contribution >= 4 is 0 Å². The Bertz CT molecular complexity index is 511. The van der Waals surface area contributed by atoms with Crippen LogP contribution in [-0.4, -0.2) is 45.3 Å². The van der Waals surface area contributed by atoms with Gasteiger partial charge in [0.25, 0.3) is 0 Å². The van der Waals surface area contributed by atoms with Crippen molar-refractivity contribution < 1.29 is 9.47 Å². The number of fused-ring (bicyclic) bond motifs is 1. The molecule has 1 atom stereocenters. The van der Waals surface area contributed by atoms with E-state index < -0.39 is 0 Å². The summed E-state index contributed by atoms with van der Waals surface area (Å²) >= 11 is 0. The number of rotatable bonds is 5. The fourth-order valence-corrected chi connectivity index (χ4v) is 2.55. The molecule has 0 saturated carbocycles. The lowest BCUT2D eigenvalue weighted by Gasteiger charge is -2.30. The molecule has 1 aromatic rings. The van der Waals surface area contributed by atoms with Crippen LogP contribution in [0.3, 0.4) is 0 Å². The maximum Gasteiger partial charge on any atom is 0.161 e. The maximum absolute atomic E-state index is 9.03. The van der Waals surface area contributed by atoms with Crippen molar-refractivity contribution in [1.29, 1.82) is 5.26 Å². The third-order valence-corrected chi connectivity index (χ3v) is 3.74. The molecular weight excluding hydrogens is 254 g/mol. The molecule has 0 aliphatic carbocycles. The van der Waals surface area contributed by atoms with Crippen molar-refractivity contribution in [3.8, 4) is 17.6 Å². The van der Waals surface area contributed by atoms with Crippen molar-refractivity contribution in [2.24, 2.45) is 0 Å². The molecule has 5 nitrogen and oxygen atoms in total. The molecule has 1 heterocycles. The van der Waals surface area contributed by atoms with Crippen molar-refractivity contribution in [3.05, 3.63) is 23.3 Å². The summed E-state index contributed by atoms with van der Waals surface area (Å²) in [6, 6.07) is 6.24. The van der Waals surface area contributed by atoms with Gasteiger partial charge in [-0.25, -0.2) is 0 Å². The van der Waals surface area contributed by atoms with E-state index >= 15 is 0 Å². The number of hydrogen-bond donors (Lipinski definition) is 1. The molecule has 5 heteroatoms.